The fourth-order valence-electron chi connectivity index (χ4n) is 4.09. The third kappa shape index (κ3) is 3.46. The SMILES string of the molecule is CC1(C)CC(=O)C2=C(C1)N(c1n[nH]c(=S)s1)C(N)=C(C#N)C2c1ccc(Cl)cc1Cl. The third-order valence-corrected chi connectivity index (χ3v) is 6.91. The van der Waals surface area contributed by atoms with Crippen molar-refractivity contribution < 1.29 is 4.79 Å². The molecule has 1 aromatic carbocycles. The van der Waals surface area contributed by atoms with Crippen LogP contribution in [0, 0.1) is 20.7 Å². The molecule has 1 aliphatic carbocycles. The van der Waals surface area contributed by atoms with Crippen LogP contribution in [0.5, 0.6) is 0 Å². The molecule has 2 aromatic rings. The first kappa shape index (κ1) is 21.1. The predicted octanol–water partition coefficient (Wildman–Crippen LogP) is 5.45. The van der Waals surface area contributed by atoms with Crippen LogP contribution in [0.1, 0.15) is 38.2 Å². The van der Waals surface area contributed by atoms with Crippen molar-refractivity contribution in [3.63, 3.8) is 0 Å². The van der Waals surface area contributed by atoms with Crippen molar-refractivity contribution in [2.45, 2.75) is 32.6 Å². The molecule has 6 nitrogen and oxygen atoms in total. The number of nitrogens with one attached hydrogen (secondary N) is 1. The molecule has 1 aromatic heterocycles. The summed E-state index contributed by atoms with van der Waals surface area (Å²) in [5, 5.41) is 18.4. The van der Waals surface area contributed by atoms with Gasteiger partial charge in [-0.15, -0.1) is 5.10 Å². The van der Waals surface area contributed by atoms with Gasteiger partial charge in [-0.3, -0.25) is 14.8 Å². The fourth-order valence-corrected chi connectivity index (χ4v) is 5.53. The van der Waals surface area contributed by atoms with E-state index >= 15 is 0 Å². The first-order valence-electron chi connectivity index (χ1n) is 9.09. The Hall–Kier alpha value is -2.18. The van der Waals surface area contributed by atoms with Crippen molar-refractivity contribution in [1.29, 1.82) is 5.26 Å². The van der Waals surface area contributed by atoms with Gasteiger partial charge in [-0.05, 0) is 41.7 Å². The van der Waals surface area contributed by atoms with Gasteiger partial charge in [0.05, 0.1) is 17.6 Å². The number of hydrogen-bond acceptors (Lipinski definition) is 7. The van der Waals surface area contributed by atoms with Gasteiger partial charge < -0.3 is 5.73 Å². The number of hydrogen-bond donors (Lipinski definition) is 2. The second-order valence-electron chi connectivity index (χ2n) is 8.04. The zero-order valence-corrected chi connectivity index (χ0v) is 19.3. The molecule has 30 heavy (non-hydrogen) atoms. The van der Waals surface area contributed by atoms with E-state index in [0.717, 1.165) is 5.70 Å². The summed E-state index contributed by atoms with van der Waals surface area (Å²) in [5.74, 6) is -0.487. The predicted molar refractivity (Wildman–Crippen MR) is 121 cm³/mol. The lowest BCUT2D eigenvalue weighted by Crippen LogP contribution is -2.42. The monoisotopic (exact) mass is 477 g/mol. The lowest BCUT2D eigenvalue weighted by atomic mass is 9.68. The van der Waals surface area contributed by atoms with Crippen LogP contribution in [-0.4, -0.2) is 16.0 Å². The van der Waals surface area contributed by atoms with Gasteiger partial charge in [-0.2, -0.15) is 5.26 Å². The van der Waals surface area contributed by atoms with Crippen LogP contribution in [0.25, 0.3) is 0 Å². The number of Topliss-reactive ketones (excluding diaryl/α,β-unsaturated/α-hetero) is 1. The average Bonchev–Trinajstić information content (AvgIpc) is 3.06. The maximum absolute atomic E-state index is 13.4. The molecule has 10 heteroatoms. The molecule has 3 N–H and O–H groups in total. The molecule has 0 saturated carbocycles. The topological polar surface area (TPSA) is 98.8 Å². The summed E-state index contributed by atoms with van der Waals surface area (Å²) >= 11 is 19.0. The number of benzene rings is 1. The molecular weight excluding hydrogens is 461 g/mol. The van der Waals surface area contributed by atoms with E-state index in [9.17, 15) is 10.1 Å². The minimum absolute atomic E-state index is 0.0401. The zero-order valence-electron chi connectivity index (χ0n) is 16.1. The average molecular weight is 478 g/mol. The number of anilines is 1. The van der Waals surface area contributed by atoms with E-state index in [0.29, 0.717) is 43.1 Å². The molecule has 0 radical (unpaired) electrons. The highest BCUT2D eigenvalue weighted by Gasteiger charge is 2.45. The van der Waals surface area contributed by atoms with Crippen LogP contribution in [-0.2, 0) is 4.79 Å². The van der Waals surface area contributed by atoms with Crippen LogP contribution in [0.3, 0.4) is 0 Å². The third-order valence-electron chi connectivity index (χ3n) is 5.27. The Morgan fingerprint density at radius 3 is 2.73 bits per heavy atom. The molecule has 4 rings (SSSR count). The summed E-state index contributed by atoms with van der Waals surface area (Å²) in [6.07, 6.45) is 0.942. The zero-order chi connectivity index (χ0) is 21.8. The van der Waals surface area contributed by atoms with Crippen LogP contribution >= 0.6 is 46.8 Å². The Bertz CT molecular complexity index is 1230. The van der Waals surface area contributed by atoms with E-state index in [2.05, 4.69) is 16.3 Å². The molecule has 1 unspecified atom stereocenters. The van der Waals surface area contributed by atoms with Gasteiger partial charge in [0.25, 0.3) is 0 Å². The number of allylic oxidation sites excluding steroid dienone is 3. The molecule has 2 heterocycles. The number of nitrogens with zero attached hydrogens (tertiary/aromatic N) is 3. The van der Waals surface area contributed by atoms with E-state index in [4.69, 9.17) is 41.2 Å². The minimum Gasteiger partial charge on any atom is -0.384 e. The molecule has 0 fully saturated rings. The highest BCUT2D eigenvalue weighted by molar-refractivity contribution is 7.73. The first-order chi connectivity index (χ1) is 14.1. The molecule has 1 aliphatic heterocycles. The van der Waals surface area contributed by atoms with E-state index in [1.807, 2.05) is 13.8 Å². The molecule has 0 amide bonds. The van der Waals surface area contributed by atoms with Gasteiger partial charge in [0.2, 0.25) is 5.13 Å². The van der Waals surface area contributed by atoms with E-state index in [-0.39, 0.29) is 22.6 Å². The van der Waals surface area contributed by atoms with Gasteiger partial charge in [0, 0.05) is 27.7 Å². The Morgan fingerprint density at radius 2 is 2.13 bits per heavy atom. The van der Waals surface area contributed by atoms with Crippen molar-refractivity contribution in [2.75, 3.05) is 4.90 Å². The Balaban J connectivity index is 2.03. The van der Waals surface area contributed by atoms with Gasteiger partial charge in [0.15, 0.2) is 9.74 Å². The highest BCUT2D eigenvalue weighted by Crippen LogP contribution is 2.51. The highest BCUT2D eigenvalue weighted by atomic mass is 35.5. The van der Waals surface area contributed by atoms with Gasteiger partial charge in [-0.25, -0.2) is 0 Å². The fraction of sp³-hybridized carbons (Fsp3) is 0.300. The minimum atomic E-state index is -0.665. The summed E-state index contributed by atoms with van der Waals surface area (Å²) in [6, 6.07) is 7.24. The molecule has 0 spiro atoms. The van der Waals surface area contributed by atoms with E-state index < -0.39 is 5.92 Å². The summed E-state index contributed by atoms with van der Waals surface area (Å²) < 4.78 is 0.475. The molecule has 0 bridgehead atoms. The molecule has 154 valence electrons. The number of aromatic amines is 1. The van der Waals surface area contributed by atoms with E-state index in [1.54, 1.807) is 23.1 Å². The normalized spacial score (nSPS) is 21.0. The van der Waals surface area contributed by atoms with Crippen LogP contribution in [0.2, 0.25) is 10.0 Å². The summed E-state index contributed by atoms with van der Waals surface area (Å²) in [5.41, 5.74) is 8.34. The number of nitriles is 1. The van der Waals surface area contributed by atoms with Gasteiger partial charge >= 0.3 is 0 Å². The lowest BCUT2D eigenvalue weighted by Gasteiger charge is -2.42. The number of carbonyl (C=O) groups excluding carboxylic acids is 1. The van der Waals surface area contributed by atoms with Crippen molar-refractivity contribution in [2.24, 2.45) is 11.1 Å². The standard InChI is InChI=1S/C20H17Cl2N5OS2/c1-20(2)6-13-16(14(28)7-20)15(10-4-3-9(21)5-12(10)22)11(8-23)17(24)27(13)18-25-26-19(29)30-18/h3-5,15H,6-7,24H2,1-2H3,(H,26,29). The first-order valence-corrected chi connectivity index (χ1v) is 11.1. The second kappa shape index (κ2) is 7.50. The summed E-state index contributed by atoms with van der Waals surface area (Å²) in [4.78, 5) is 15.1. The van der Waals surface area contributed by atoms with Crippen LogP contribution in [0.15, 0.2) is 40.9 Å². The second-order valence-corrected chi connectivity index (χ2v) is 10.5. The lowest BCUT2D eigenvalue weighted by molar-refractivity contribution is -0.118. The molecule has 0 saturated heterocycles. The number of aromatic nitrogens is 2. The summed E-state index contributed by atoms with van der Waals surface area (Å²) in [7, 11) is 0. The smallest absolute Gasteiger partial charge is 0.216 e. The van der Waals surface area contributed by atoms with Crippen molar-refractivity contribution >= 4 is 57.7 Å². The Morgan fingerprint density at radius 1 is 1.40 bits per heavy atom. The number of nitrogens with two attached hydrogens (primary N) is 1. The van der Waals surface area contributed by atoms with Crippen LogP contribution < -0.4 is 10.6 Å². The molecule has 2 aliphatic rings. The molecule has 1 atom stereocenters. The number of halogens is 2. The van der Waals surface area contributed by atoms with Crippen LogP contribution in [0.4, 0.5) is 5.13 Å². The van der Waals surface area contributed by atoms with Crippen molar-refractivity contribution in [3.8, 4) is 6.07 Å². The number of rotatable bonds is 2. The summed E-state index contributed by atoms with van der Waals surface area (Å²) in [6.45, 7) is 4.06. The Kier molecular flexibility index (Phi) is 5.27. The molecular formula is C20H17Cl2N5OS2. The van der Waals surface area contributed by atoms with Gasteiger partial charge in [0.1, 0.15) is 5.82 Å². The van der Waals surface area contributed by atoms with Crippen molar-refractivity contribution in [1.82, 2.24) is 10.2 Å². The quantitative estimate of drug-likeness (QED) is 0.557. The number of carbonyl (C=O) groups is 1. The maximum atomic E-state index is 13.4. The largest absolute Gasteiger partial charge is 0.384 e. The van der Waals surface area contributed by atoms with E-state index in [1.165, 1.54) is 11.3 Å². The van der Waals surface area contributed by atoms with Crippen molar-refractivity contribution in [3.05, 3.63) is 60.4 Å². The maximum Gasteiger partial charge on any atom is 0.216 e. The number of ketones is 1. The Labute approximate surface area is 192 Å². The van der Waals surface area contributed by atoms with Gasteiger partial charge in [-0.1, -0.05) is 54.5 Å². The number of H-pyrrole nitrogens is 1.